The fraction of sp³-hybridized carbons (Fsp3) is 0.562. The third-order valence-corrected chi connectivity index (χ3v) is 4.54. The van der Waals surface area contributed by atoms with E-state index in [0.717, 1.165) is 26.2 Å². The van der Waals surface area contributed by atoms with Gasteiger partial charge >= 0.3 is 5.97 Å². The Morgan fingerprint density at radius 2 is 1.95 bits per heavy atom. The lowest BCUT2D eigenvalue weighted by atomic mass is 9.86. The van der Waals surface area contributed by atoms with E-state index < -0.39 is 5.97 Å². The van der Waals surface area contributed by atoms with Gasteiger partial charge in [0.25, 0.3) is 0 Å². The highest BCUT2D eigenvalue weighted by molar-refractivity contribution is 5.69. The quantitative estimate of drug-likeness (QED) is 0.912. The third kappa shape index (κ3) is 2.86. The van der Waals surface area contributed by atoms with Crippen molar-refractivity contribution in [1.82, 2.24) is 9.80 Å². The van der Waals surface area contributed by atoms with Crippen molar-refractivity contribution in [3.8, 4) is 0 Å². The molecule has 1 aromatic carbocycles. The van der Waals surface area contributed by atoms with E-state index in [0.29, 0.717) is 6.04 Å². The zero-order valence-corrected chi connectivity index (χ0v) is 11.8. The fourth-order valence-corrected chi connectivity index (χ4v) is 3.53. The van der Waals surface area contributed by atoms with Crippen LogP contribution in [0.4, 0.5) is 0 Å². The molecule has 1 atom stereocenters. The second kappa shape index (κ2) is 5.94. The number of rotatable bonds is 3. The molecule has 20 heavy (non-hydrogen) atoms. The molecule has 2 aliphatic rings. The zero-order chi connectivity index (χ0) is 13.9. The minimum atomic E-state index is -0.721. The predicted molar refractivity (Wildman–Crippen MR) is 77.8 cm³/mol. The lowest BCUT2D eigenvalue weighted by Crippen LogP contribution is -2.49. The lowest BCUT2D eigenvalue weighted by molar-refractivity contribution is -0.138. The summed E-state index contributed by atoms with van der Waals surface area (Å²) in [6.07, 6.45) is 3.69. The van der Waals surface area contributed by atoms with Crippen LogP contribution < -0.4 is 0 Å². The van der Waals surface area contributed by atoms with Crippen LogP contribution in [0.25, 0.3) is 0 Å². The van der Waals surface area contributed by atoms with Gasteiger partial charge in [-0.2, -0.15) is 0 Å². The summed E-state index contributed by atoms with van der Waals surface area (Å²) in [6, 6.07) is 9.32. The van der Waals surface area contributed by atoms with Gasteiger partial charge in [0.1, 0.15) is 0 Å². The summed E-state index contributed by atoms with van der Waals surface area (Å²) in [5.41, 5.74) is 2.99. The normalized spacial score (nSPS) is 24.3. The number of piperazine rings is 1. The standard InChI is InChI=1S/C16H22N2O2/c19-16(20)12-17-8-10-18(11-9-17)15-7-3-5-13-4-1-2-6-14(13)15/h1-2,4,6,15H,3,5,7-12H2,(H,19,20). The number of carboxylic acid groups (broad SMARTS) is 1. The van der Waals surface area contributed by atoms with Gasteiger partial charge in [0.15, 0.2) is 0 Å². The molecule has 0 bridgehead atoms. The maximum Gasteiger partial charge on any atom is 0.317 e. The first kappa shape index (κ1) is 13.6. The highest BCUT2D eigenvalue weighted by atomic mass is 16.4. The predicted octanol–water partition coefficient (Wildman–Crippen LogP) is 1.77. The molecule has 0 aromatic heterocycles. The highest BCUT2D eigenvalue weighted by Gasteiger charge is 2.28. The van der Waals surface area contributed by atoms with Crippen LogP contribution in [0, 0.1) is 0 Å². The molecule has 0 radical (unpaired) electrons. The zero-order valence-electron chi connectivity index (χ0n) is 11.8. The topological polar surface area (TPSA) is 43.8 Å². The maximum atomic E-state index is 10.8. The van der Waals surface area contributed by atoms with Crippen LogP contribution in [0.2, 0.25) is 0 Å². The molecular formula is C16H22N2O2. The first-order valence-electron chi connectivity index (χ1n) is 7.50. The summed E-state index contributed by atoms with van der Waals surface area (Å²) < 4.78 is 0. The molecule has 1 heterocycles. The van der Waals surface area contributed by atoms with Crippen LogP contribution in [0.1, 0.15) is 30.0 Å². The molecule has 0 saturated carbocycles. The van der Waals surface area contributed by atoms with E-state index in [4.69, 9.17) is 5.11 Å². The van der Waals surface area contributed by atoms with Crippen LogP contribution in [-0.2, 0) is 11.2 Å². The van der Waals surface area contributed by atoms with E-state index in [1.807, 2.05) is 4.90 Å². The molecule has 4 heteroatoms. The molecule has 3 rings (SSSR count). The van der Waals surface area contributed by atoms with E-state index in [1.165, 1.54) is 30.4 Å². The Bertz CT molecular complexity index is 481. The second-order valence-corrected chi connectivity index (χ2v) is 5.81. The molecule has 4 nitrogen and oxygen atoms in total. The van der Waals surface area contributed by atoms with E-state index in [-0.39, 0.29) is 6.54 Å². The van der Waals surface area contributed by atoms with Crippen LogP contribution >= 0.6 is 0 Å². The summed E-state index contributed by atoms with van der Waals surface area (Å²) in [5, 5.41) is 8.86. The number of fused-ring (bicyclic) bond motifs is 1. The van der Waals surface area contributed by atoms with Gasteiger partial charge in [-0.15, -0.1) is 0 Å². The Kier molecular flexibility index (Phi) is 4.03. The van der Waals surface area contributed by atoms with Crippen molar-refractivity contribution in [2.45, 2.75) is 25.3 Å². The number of benzene rings is 1. The summed E-state index contributed by atoms with van der Waals surface area (Å²) in [6.45, 7) is 3.86. The van der Waals surface area contributed by atoms with Crippen LogP contribution in [-0.4, -0.2) is 53.6 Å². The van der Waals surface area contributed by atoms with Crippen LogP contribution in [0.5, 0.6) is 0 Å². The average molecular weight is 274 g/mol. The van der Waals surface area contributed by atoms with Crippen molar-refractivity contribution < 1.29 is 9.90 Å². The van der Waals surface area contributed by atoms with Gasteiger partial charge in [0.05, 0.1) is 6.54 Å². The van der Waals surface area contributed by atoms with Crippen molar-refractivity contribution >= 4 is 5.97 Å². The summed E-state index contributed by atoms with van der Waals surface area (Å²) in [7, 11) is 0. The van der Waals surface area contributed by atoms with Crippen molar-refractivity contribution in [2.75, 3.05) is 32.7 Å². The summed E-state index contributed by atoms with van der Waals surface area (Å²) in [4.78, 5) is 15.3. The minimum Gasteiger partial charge on any atom is -0.480 e. The molecule has 0 amide bonds. The number of carbonyl (C=O) groups is 1. The summed E-state index contributed by atoms with van der Waals surface area (Å²) >= 11 is 0. The maximum absolute atomic E-state index is 10.8. The third-order valence-electron chi connectivity index (χ3n) is 4.54. The Balaban J connectivity index is 1.66. The Labute approximate surface area is 120 Å². The Morgan fingerprint density at radius 3 is 2.70 bits per heavy atom. The largest absolute Gasteiger partial charge is 0.480 e. The highest BCUT2D eigenvalue weighted by Crippen LogP contribution is 2.34. The molecule has 1 fully saturated rings. The van der Waals surface area contributed by atoms with E-state index >= 15 is 0 Å². The Morgan fingerprint density at radius 1 is 1.20 bits per heavy atom. The number of nitrogens with zero attached hydrogens (tertiary/aromatic N) is 2. The van der Waals surface area contributed by atoms with Gasteiger partial charge in [-0.05, 0) is 30.4 Å². The number of carboxylic acids is 1. The fourth-order valence-electron chi connectivity index (χ4n) is 3.53. The van der Waals surface area contributed by atoms with Gasteiger partial charge in [-0.1, -0.05) is 24.3 Å². The van der Waals surface area contributed by atoms with Gasteiger partial charge in [-0.25, -0.2) is 0 Å². The lowest BCUT2D eigenvalue weighted by Gasteiger charge is -2.41. The van der Waals surface area contributed by atoms with Gasteiger partial charge in [0.2, 0.25) is 0 Å². The molecule has 1 aliphatic heterocycles. The van der Waals surface area contributed by atoms with E-state index in [9.17, 15) is 4.79 Å². The number of aliphatic carboxylic acids is 1. The SMILES string of the molecule is O=C(O)CN1CCN(C2CCCc3ccccc32)CC1. The molecule has 1 aromatic rings. The van der Waals surface area contributed by atoms with Gasteiger partial charge in [0, 0.05) is 32.2 Å². The molecule has 1 N–H and O–H groups in total. The van der Waals surface area contributed by atoms with Crippen molar-refractivity contribution in [1.29, 1.82) is 0 Å². The van der Waals surface area contributed by atoms with Crippen molar-refractivity contribution in [2.24, 2.45) is 0 Å². The van der Waals surface area contributed by atoms with Gasteiger partial charge in [-0.3, -0.25) is 14.6 Å². The smallest absolute Gasteiger partial charge is 0.317 e. The first-order valence-corrected chi connectivity index (χ1v) is 7.50. The monoisotopic (exact) mass is 274 g/mol. The number of aryl methyl sites for hydroxylation is 1. The molecule has 108 valence electrons. The number of hydrogen-bond acceptors (Lipinski definition) is 3. The molecule has 1 saturated heterocycles. The van der Waals surface area contributed by atoms with Crippen LogP contribution in [0.3, 0.4) is 0 Å². The van der Waals surface area contributed by atoms with Gasteiger partial charge < -0.3 is 5.11 Å². The molecular weight excluding hydrogens is 252 g/mol. The molecule has 0 spiro atoms. The van der Waals surface area contributed by atoms with Crippen LogP contribution in [0.15, 0.2) is 24.3 Å². The van der Waals surface area contributed by atoms with E-state index in [1.54, 1.807) is 0 Å². The summed E-state index contributed by atoms with van der Waals surface area (Å²) in [5.74, 6) is -0.721. The molecule has 1 aliphatic carbocycles. The van der Waals surface area contributed by atoms with Crippen molar-refractivity contribution in [3.05, 3.63) is 35.4 Å². The van der Waals surface area contributed by atoms with Crippen molar-refractivity contribution in [3.63, 3.8) is 0 Å². The second-order valence-electron chi connectivity index (χ2n) is 5.81. The van der Waals surface area contributed by atoms with E-state index in [2.05, 4.69) is 29.2 Å². The number of hydrogen-bond donors (Lipinski definition) is 1. The molecule has 1 unspecified atom stereocenters. The Hall–Kier alpha value is -1.39. The minimum absolute atomic E-state index is 0.176. The first-order chi connectivity index (χ1) is 9.74. The average Bonchev–Trinajstić information content (AvgIpc) is 2.47.